The molecule has 0 atom stereocenters. The van der Waals surface area contributed by atoms with Crippen LogP contribution < -0.4 is 9.80 Å². The number of hydrogen-bond acceptors (Lipinski definition) is 4. The quantitative estimate of drug-likeness (QED) is 0.153. The number of anilines is 6. The van der Waals surface area contributed by atoms with Crippen LogP contribution in [0.4, 0.5) is 34.1 Å². The molecule has 0 amide bonds. The molecule has 13 rings (SSSR count). The van der Waals surface area contributed by atoms with Gasteiger partial charge < -0.3 is 18.6 Å². The van der Waals surface area contributed by atoms with E-state index in [9.17, 15) is 0 Å². The van der Waals surface area contributed by atoms with Crippen LogP contribution in [0.5, 0.6) is 0 Å². The monoisotopic (exact) mass is 844 g/mol. The molecule has 0 radical (unpaired) electrons. The summed E-state index contributed by atoms with van der Waals surface area (Å²) in [4.78, 5) is 4.67. The minimum Gasteiger partial charge on any atom is -0.456 e. The van der Waals surface area contributed by atoms with E-state index in [1.165, 1.54) is 21.5 Å². The summed E-state index contributed by atoms with van der Waals surface area (Å²) >= 11 is 0. The molecule has 4 nitrogen and oxygen atoms in total. The Bertz CT molecular complexity index is 3670. The molecule has 2 heterocycles. The summed E-state index contributed by atoms with van der Waals surface area (Å²) in [5, 5.41) is 9.23. The van der Waals surface area contributed by atoms with E-state index >= 15 is 0 Å². The molecule has 0 fully saturated rings. The van der Waals surface area contributed by atoms with Crippen molar-refractivity contribution < 1.29 is 8.83 Å². The lowest BCUT2D eigenvalue weighted by molar-refractivity contribution is 0.668. The highest BCUT2D eigenvalue weighted by Crippen LogP contribution is 2.44. The molecule has 0 unspecified atom stereocenters. The first-order valence-electron chi connectivity index (χ1n) is 22.4. The molecule has 0 saturated carbocycles. The van der Waals surface area contributed by atoms with Gasteiger partial charge in [-0.25, -0.2) is 0 Å². The number of benzene rings is 11. The van der Waals surface area contributed by atoms with Crippen LogP contribution in [0.1, 0.15) is 0 Å². The SMILES string of the molecule is c1ccc2c(N(c3ccc(-c4ccc(-c5ccc(N(c6ccc7c(c6)oc6ccccc67)c6cccc7ccccc67)cc5)cc4)cc3)c3ccc4c(c3)oc3ccccc34)cccc2c1. The fourth-order valence-corrected chi connectivity index (χ4v) is 9.83. The first kappa shape index (κ1) is 37.7. The molecular formula is C62H40N2O2. The van der Waals surface area contributed by atoms with Crippen molar-refractivity contribution in [2.75, 3.05) is 9.80 Å². The molecule has 4 heteroatoms. The van der Waals surface area contributed by atoms with Gasteiger partial charge >= 0.3 is 0 Å². The zero-order chi connectivity index (χ0) is 43.6. The van der Waals surface area contributed by atoms with Gasteiger partial charge in [-0.05, 0) is 106 Å². The van der Waals surface area contributed by atoms with Crippen LogP contribution in [0.2, 0.25) is 0 Å². The van der Waals surface area contributed by atoms with Gasteiger partial charge in [0.05, 0.1) is 11.4 Å². The van der Waals surface area contributed by atoms with Gasteiger partial charge in [-0.3, -0.25) is 0 Å². The number of nitrogens with zero attached hydrogens (tertiary/aromatic N) is 2. The molecule has 2 aromatic heterocycles. The maximum absolute atomic E-state index is 6.38. The maximum Gasteiger partial charge on any atom is 0.137 e. The van der Waals surface area contributed by atoms with E-state index in [-0.39, 0.29) is 0 Å². The lowest BCUT2D eigenvalue weighted by Gasteiger charge is -2.27. The topological polar surface area (TPSA) is 32.8 Å². The van der Waals surface area contributed by atoms with Crippen molar-refractivity contribution in [2.24, 2.45) is 0 Å². The molecule has 66 heavy (non-hydrogen) atoms. The maximum atomic E-state index is 6.38. The number of hydrogen-bond donors (Lipinski definition) is 0. The first-order chi connectivity index (χ1) is 32.7. The Morgan fingerprint density at radius 3 is 0.970 bits per heavy atom. The summed E-state index contributed by atoms with van der Waals surface area (Å²) in [5.74, 6) is 0. The molecule has 0 saturated heterocycles. The van der Waals surface area contributed by atoms with Gasteiger partial charge in [0, 0.05) is 67.2 Å². The number of fused-ring (bicyclic) bond motifs is 8. The summed E-state index contributed by atoms with van der Waals surface area (Å²) < 4.78 is 12.8. The Labute approximate surface area is 381 Å². The Kier molecular flexibility index (Phi) is 8.81. The van der Waals surface area contributed by atoms with Crippen molar-refractivity contribution in [3.63, 3.8) is 0 Å². The third-order valence-electron chi connectivity index (χ3n) is 13.1. The number of rotatable bonds is 8. The molecule has 11 aromatic carbocycles. The normalized spacial score (nSPS) is 11.6. The minimum atomic E-state index is 0.869. The second-order valence-electron chi connectivity index (χ2n) is 16.9. The molecule has 0 aliphatic heterocycles. The van der Waals surface area contributed by atoms with E-state index in [1.54, 1.807) is 0 Å². The summed E-state index contributed by atoms with van der Waals surface area (Å²) in [7, 11) is 0. The van der Waals surface area contributed by atoms with Crippen molar-refractivity contribution in [1.29, 1.82) is 0 Å². The van der Waals surface area contributed by atoms with Gasteiger partial charge in [0.1, 0.15) is 22.3 Å². The summed E-state index contributed by atoms with van der Waals surface area (Å²) in [6.45, 7) is 0. The fourth-order valence-electron chi connectivity index (χ4n) is 9.83. The van der Waals surface area contributed by atoms with E-state index in [0.717, 1.165) is 100 Å². The highest BCUT2D eigenvalue weighted by Gasteiger charge is 2.20. The summed E-state index contributed by atoms with van der Waals surface area (Å²) in [5.41, 5.74) is 14.6. The Morgan fingerprint density at radius 1 is 0.227 bits per heavy atom. The van der Waals surface area contributed by atoms with Crippen LogP contribution in [-0.2, 0) is 0 Å². The second-order valence-corrected chi connectivity index (χ2v) is 16.9. The summed E-state index contributed by atoms with van der Waals surface area (Å²) in [6.07, 6.45) is 0. The third-order valence-corrected chi connectivity index (χ3v) is 13.1. The minimum absolute atomic E-state index is 0.869. The first-order valence-corrected chi connectivity index (χ1v) is 22.4. The summed E-state index contributed by atoms with van der Waals surface area (Å²) in [6, 6.07) is 86.4. The molecule has 0 N–H and O–H groups in total. The van der Waals surface area contributed by atoms with Gasteiger partial charge in [-0.1, -0.05) is 158 Å². The van der Waals surface area contributed by atoms with Gasteiger partial charge in [0.25, 0.3) is 0 Å². The van der Waals surface area contributed by atoms with Gasteiger partial charge in [0.15, 0.2) is 0 Å². The molecule has 0 aliphatic carbocycles. The number of furan rings is 2. The molecule has 310 valence electrons. The van der Waals surface area contributed by atoms with Crippen molar-refractivity contribution >= 4 is 99.5 Å². The second kappa shape index (κ2) is 15.4. The molecule has 0 bridgehead atoms. The Hall–Kier alpha value is -8.86. The van der Waals surface area contributed by atoms with E-state index in [2.05, 4.69) is 228 Å². The van der Waals surface area contributed by atoms with Gasteiger partial charge in [0.2, 0.25) is 0 Å². The average Bonchev–Trinajstić information content (AvgIpc) is 3.95. The zero-order valence-corrected chi connectivity index (χ0v) is 35.8. The van der Waals surface area contributed by atoms with Crippen molar-refractivity contribution in [1.82, 2.24) is 0 Å². The van der Waals surface area contributed by atoms with Crippen LogP contribution in [0.15, 0.2) is 251 Å². The molecular weight excluding hydrogens is 805 g/mol. The van der Waals surface area contributed by atoms with E-state index in [1.807, 2.05) is 24.3 Å². The predicted molar refractivity (Wildman–Crippen MR) is 276 cm³/mol. The highest BCUT2D eigenvalue weighted by atomic mass is 16.3. The van der Waals surface area contributed by atoms with Crippen molar-refractivity contribution in [3.8, 4) is 22.3 Å². The van der Waals surface area contributed by atoms with Crippen LogP contribution in [0, 0.1) is 0 Å². The lowest BCUT2D eigenvalue weighted by Crippen LogP contribution is -2.10. The van der Waals surface area contributed by atoms with E-state index in [0.29, 0.717) is 0 Å². The Morgan fingerprint density at radius 2 is 0.545 bits per heavy atom. The van der Waals surface area contributed by atoms with Crippen LogP contribution in [0.3, 0.4) is 0 Å². The predicted octanol–water partition coefficient (Wildman–Crippen LogP) is 18.1. The van der Waals surface area contributed by atoms with E-state index in [4.69, 9.17) is 8.83 Å². The van der Waals surface area contributed by atoms with Crippen LogP contribution in [-0.4, -0.2) is 0 Å². The molecule has 0 spiro atoms. The highest BCUT2D eigenvalue weighted by molar-refractivity contribution is 6.08. The van der Waals surface area contributed by atoms with Gasteiger partial charge in [-0.15, -0.1) is 0 Å². The van der Waals surface area contributed by atoms with E-state index < -0.39 is 0 Å². The lowest BCUT2D eigenvalue weighted by atomic mass is 9.99. The zero-order valence-electron chi connectivity index (χ0n) is 35.8. The smallest absolute Gasteiger partial charge is 0.137 e. The van der Waals surface area contributed by atoms with Crippen molar-refractivity contribution in [2.45, 2.75) is 0 Å². The van der Waals surface area contributed by atoms with Crippen molar-refractivity contribution in [3.05, 3.63) is 243 Å². The average molecular weight is 845 g/mol. The standard InChI is InChI=1S/C62H40N2O2/c1-3-15-51-45(11-1)13-9-19-57(51)63(49-35-37-55-53-17-5-7-21-59(53)65-61(55)39-49)47-31-27-43(28-32-47)41-23-25-42(26-24-41)44-29-33-48(34-30-44)64(58-20-10-14-46-12-2-4-16-52(46)58)50-36-38-56-54-18-6-8-22-60(54)66-62(56)40-50/h1-40H. The Balaban J connectivity index is 0.824. The molecule has 0 aliphatic rings. The van der Waals surface area contributed by atoms with Crippen LogP contribution in [0.25, 0.3) is 87.7 Å². The van der Waals surface area contributed by atoms with Crippen LogP contribution >= 0.6 is 0 Å². The fraction of sp³-hybridized carbons (Fsp3) is 0. The van der Waals surface area contributed by atoms with Gasteiger partial charge in [-0.2, -0.15) is 0 Å². The number of para-hydroxylation sites is 2. The third kappa shape index (κ3) is 6.38. The largest absolute Gasteiger partial charge is 0.456 e. The molecule has 13 aromatic rings.